The minimum atomic E-state index is 0.399. The summed E-state index contributed by atoms with van der Waals surface area (Å²) in [4.78, 5) is 10.3. The molecular formula is C11H14N2O. The van der Waals surface area contributed by atoms with Crippen LogP contribution < -0.4 is 5.43 Å². The number of carbonyl (C=O) groups is 1. The first-order chi connectivity index (χ1) is 6.86. The van der Waals surface area contributed by atoms with Crippen LogP contribution in [0.25, 0.3) is 0 Å². The van der Waals surface area contributed by atoms with Gasteiger partial charge in [0.25, 0.3) is 0 Å². The number of hydrazone groups is 1. The maximum atomic E-state index is 10.3. The van der Waals surface area contributed by atoms with Crippen LogP contribution >= 0.6 is 0 Å². The zero-order valence-electron chi connectivity index (χ0n) is 8.23. The molecule has 0 atom stereocenters. The third-order valence-electron chi connectivity index (χ3n) is 1.84. The normalized spacial score (nSPS) is 11.1. The highest BCUT2D eigenvalue weighted by molar-refractivity contribution is 5.94. The van der Waals surface area contributed by atoms with E-state index in [9.17, 15) is 4.79 Å². The Bertz CT molecular complexity index is 306. The number of aldehydes is 1. The number of nitrogens with zero attached hydrogens (tertiary/aromatic N) is 1. The minimum absolute atomic E-state index is 0.399. The first-order valence-electron chi connectivity index (χ1n) is 4.67. The van der Waals surface area contributed by atoms with Gasteiger partial charge in [-0.25, -0.2) is 0 Å². The lowest BCUT2D eigenvalue weighted by molar-refractivity contribution is -0.106. The molecular weight excluding hydrogens is 176 g/mol. The Morgan fingerprint density at radius 2 is 2.14 bits per heavy atom. The number of nitrogens with one attached hydrogen (secondary N) is 1. The van der Waals surface area contributed by atoms with E-state index in [1.165, 1.54) is 0 Å². The third kappa shape index (κ3) is 3.39. The Morgan fingerprint density at radius 3 is 2.71 bits per heavy atom. The van der Waals surface area contributed by atoms with E-state index in [0.29, 0.717) is 6.42 Å². The van der Waals surface area contributed by atoms with Crippen molar-refractivity contribution >= 4 is 17.7 Å². The molecule has 0 unspecified atom stereocenters. The molecule has 0 aliphatic rings. The molecule has 0 spiro atoms. The lowest BCUT2D eigenvalue weighted by Gasteiger charge is -2.01. The van der Waals surface area contributed by atoms with Crippen molar-refractivity contribution in [3.63, 3.8) is 0 Å². The zero-order valence-corrected chi connectivity index (χ0v) is 8.23. The number of hydrogen-bond acceptors (Lipinski definition) is 3. The van der Waals surface area contributed by atoms with Crippen molar-refractivity contribution in [1.29, 1.82) is 0 Å². The van der Waals surface area contributed by atoms with E-state index < -0.39 is 0 Å². The van der Waals surface area contributed by atoms with Gasteiger partial charge in [-0.2, -0.15) is 5.10 Å². The molecule has 3 heteroatoms. The molecule has 0 amide bonds. The van der Waals surface area contributed by atoms with Gasteiger partial charge in [0.1, 0.15) is 6.29 Å². The summed E-state index contributed by atoms with van der Waals surface area (Å²) in [6.45, 7) is 1.98. The van der Waals surface area contributed by atoms with Gasteiger partial charge in [0.15, 0.2) is 0 Å². The average Bonchev–Trinajstić information content (AvgIpc) is 2.25. The second-order valence-electron chi connectivity index (χ2n) is 2.88. The predicted molar refractivity (Wildman–Crippen MR) is 58.5 cm³/mol. The van der Waals surface area contributed by atoms with Gasteiger partial charge in [-0.15, -0.1) is 0 Å². The summed E-state index contributed by atoms with van der Waals surface area (Å²) in [5, 5.41) is 4.14. The van der Waals surface area contributed by atoms with Gasteiger partial charge in [0.05, 0.1) is 5.69 Å². The molecule has 0 bridgehead atoms. The van der Waals surface area contributed by atoms with E-state index in [4.69, 9.17) is 0 Å². The minimum Gasteiger partial charge on any atom is -0.303 e. The van der Waals surface area contributed by atoms with Gasteiger partial charge < -0.3 is 4.79 Å². The van der Waals surface area contributed by atoms with Crippen molar-refractivity contribution in [2.75, 3.05) is 5.43 Å². The van der Waals surface area contributed by atoms with Crippen molar-refractivity contribution < 1.29 is 4.79 Å². The molecule has 0 saturated carbocycles. The van der Waals surface area contributed by atoms with Gasteiger partial charge in [0, 0.05) is 12.1 Å². The monoisotopic (exact) mass is 190 g/mol. The molecule has 0 aliphatic carbocycles. The number of para-hydroxylation sites is 1. The topological polar surface area (TPSA) is 41.5 Å². The second-order valence-corrected chi connectivity index (χ2v) is 2.88. The van der Waals surface area contributed by atoms with E-state index in [0.717, 1.165) is 24.1 Å². The van der Waals surface area contributed by atoms with E-state index in [2.05, 4.69) is 10.5 Å². The number of hydrogen-bond donors (Lipinski definition) is 1. The maximum Gasteiger partial charge on any atom is 0.125 e. The number of benzene rings is 1. The Balaban J connectivity index is 2.56. The van der Waals surface area contributed by atoms with Crippen molar-refractivity contribution in [3.05, 3.63) is 30.3 Å². The summed E-state index contributed by atoms with van der Waals surface area (Å²) in [6, 6.07) is 9.67. The Hall–Kier alpha value is -1.64. The van der Waals surface area contributed by atoms with Crippen LogP contribution in [-0.2, 0) is 4.79 Å². The molecule has 3 nitrogen and oxygen atoms in total. The highest BCUT2D eigenvalue weighted by atomic mass is 16.1. The molecule has 0 aliphatic heterocycles. The summed E-state index contributed by atoms with van der Waals surface area (Å²) < 4.78 is 0. The lowest BCUT2D eigenvalue weighted by atomic mass is 10.2. The SMILES string of the molecule is CC/C(CC=O)=N/Nc1ccccc1. The van der Waals surface area contributed by atoms with Gasteiger partial charge in [-0.1, -0.05) is 25.1 Å². The fourth-order valence-corrected chi connectivity index (χ4v) is 1.02. The molecule has 0 aromatic heterocycles. The van der Waals surface area contributed by atoms with E-state index in [-0.39, 0.29) is 0 Å². The van der Waals surface area contributed by atoms with E-state index in [1.807, 2.05) is 37.3 Å². The van der Waals surface area contributed by atoms with E-state index >= 15 is 0 Å². The lowest BCUT2D eigenvalue weighted by Crippen LogP contribution is -2.01. The molecule has 1 aromatic carbocycles. The van der Waals surface area contributed by atoms with Crippen LogP contribution in [0, 0.1) is 0 Å². The average molecular weight is 190 g/mol. The predicted octanol–water partition coefficient (Wildman–Crippen LogP) is 2.45. The van der Waals surface area contributed by atoms with Crippen LogP contribution in [0.4, 0.5) is 5.69 Å². The molecule has 74 valence electrons. The third-order valence-corrected chi connectivity index (χ3v) is 1.84. The number of carbonyl (C=O) groups excluding carboxylic acids is 1. The molecule has 0 saturated heterocycles. The Morgan fingerprint density at radius 1 is 1.43 bits per heavy atom. The van der Waals surface area contributed by atoms with Crippen LogP contribution in [-0.4, -0.2) is 12.0 Å². The van der Waals surface area contributed by atoms with Crippen LogP contribution in [0.3, 0.4) is 0 Å². The largest absolute Gasteiger partial charge is 0.303 e. The van der Waals surface area contributed by atoms with Crippen molar-refractivity contribution in [2.24, 2.45) is 5.10 Å². The van der Waals surface area contributed by atoms with Crippen LogP contribution in [0.1, 0.15) is 19.8 Å². The van der Waals surface area contributed by atoms with Gasteiger partial charge in [-0.05, 0) is 18.6 Å². The summed E-state index contributed by atoms with van der Waals surface area (Å²) in [6.07, 6.45) is 2.06. The molecule has 0 fully saturated rings. The molecule has 1 N–H and O–H groups in total. The molecule has 14 heavy (non-hydrogen) atoms. The highest BCUT2D eigenvalue weighted by Crippen LogP contribution is 2.05. The molecule has 0 radical (unpaired) electrons. The fourth-order valence-electron chi connectivity index (χ4n) is 1.02. The van der Waals surface area contributed by atoms with Crippen LogP contribution in [0.2, 0.25) is 0 Å². The standard InChI is InChI=1S/C11H14N2O/c1-2-10(8-9-14)12-13-11-6-4-3-5-7-11/h3-7,9,13H,2,8H2,1H3/b12-10-. The summed E-state index contributed by atoms with van der Waals surface area (Å²) in [5.74, 6) is 0. The van der Waals surface area contributed by atoms with Crippen LogP contribution in [0.5, 0.6) is 0 Å². The molecule has 1 aromatic rings. The van der Waals surface area contributed by atoms with Crippen molar-refractivity contribution in [1.82, 2.24) is 0 Å². The summed E-state index contributed by atoms with van der Waals surface area (Å²) in [5.41, 5.74) is 4.71. The maximum absolute atomic E-state index is 10.3. The Labute approximate surface area is 83.8 Å². The smallest absolute Gasteiger partial charge is 0.125 e. The van der Waals surface area contributed by atoms with Gasteiger partial charge in [-0.3, -0.25) is 5.43 Å². The Kier molecular flexibility index (Phi) is 4.41. The molecule has 0 heterocycles. The zero-order chi connectivity index (χ0) is 10.2. The quantitative estimate of drug-likeness (QED) is 0.440. The van der Waals surface area contributed by atoms with Crippen molar-refractivity contribution in [2.45, 2.75) is 19.8 Å². The summed E-state index contributed by atoms with van der Waals surface area (Å²) >= 11 is 0. The number of rotatable bonds is 5. The van der Waals surface area contributed by atoms with E-state index in [1.54, 1.807) is 0 Å². The highest BCUT2D eigenvalue weighted by Gasteiger charge is 1.94. The van der Waals surface area contributed by atoms with Gasteiger partial charge in [0.2, 0.25) is 0 Å². The first kappa shape index (κ1) is 10.4. The van der Waals surface area contributed by atoms with Gasteiger partial charge >= 0.3 is 0 Å². The fraction of sp³-hybridized carbons (Fsp3) is 0.273. The van der Waals surface area contributed by atoms with Crippen LogP contribution in [0.15, 0.2) is 35.4 Å². The second kappa shape index (κ2) is 5.91. The number of anilines is 1. The van der Waals surface area contributed by atoms with Crippen molar-refractivity contribution in [3.8, 4) is 0 Å². The molecule has 1 rings (SSSR count). The first-order valence-corrected chi connectivity index (χ1v) is 4.67. The summed E-state index contributed by atoms with van der Waals surface area (Å²) in [7, 11) is 0.